The zero-order valence-corrected chi connectivity index (χ0v) is 8.86. The number of nitrogens with two attached hydrogens (primary N) is 1. The number of aryl methyl sites for hydroxylation is 1. The molecule has 0 bridgehead atoms. The van der Waals surface area contributed by atoms with Crippen LogP contribution in [0.1, 0.15) is 36.5 Å². The molecule has 5 heteroatoms. The molecule has 82 valence electrons. The van der Waals surface area contributed by atoms with Gasteiger partial charge in [0, 0.05) is 18.8 Å². The third-order valence-electron chi connectivity index (χ3n) is 2.40. The van der Waals surface area contributed by atoms with E-state index in [1.54, 1.807) is 10.9 Å². The van der Waals surface area contributed by atoms with Gasteiger partial charge in [-0.25, -0.2) is 0 Å². The van der Waals surface area contributed by atoms with Gasteiger partial charge in [0.05, 0.1) is 0 Å². The highest BCUT2D eigenvalue weighted by molar-refractivity contribution is 5.98. The summed E-state index contributed by atoms with van der Waals surface area (Å²) in [5.41, 5.74) is 6.17. The first-order valence-corrected chi connectivity index (χ1v) is 5.34. The molecule has 0 aromatic carbocycles. The Morgan fingerprint density at radius 1 is 1.73 bits per heavy atom. The molecule has 2 rings (SSSR count). The summed E-state index contributed by atoms with van der Waals surface area (Å²) in [6.45, 7) is 2.85. The summed E-state index contributed by atoms with van der Waals surface area (Å²) in [4.78, 5) is 11.7. The largest absolute Gasteiger partial charge is 0.382 e. The predicted molar refractivity (Wildman–Crippen MR) is 57.4 cm³/mol. The summed E-state index contributed by atoms with van der Waals surface area (Å²) in [7, 11) is 0. The Hall–Kier alpha value is -1.52. The number of rotatable bonds is 4. The van der Waals surface area contributed by atoms with Gasteiger partial charge in [0.15, 0.2) is 5.82 Å². The fourth-order valence-corrected chi connectivity index (χ4v) is 1.45. The van der Waals surface area contributed by atoms with E-state index in [4.69, 9.17) is 5.73 Å². The summed E-state index contributed by atoms with van der Waals surface area (Å²) in [5, 5.41) is 6.98. The number of anilines is 1. The molecule has 0 saturated heterocycles. The van der Waals surface area contributed by atoms with Crippen molar-refractivity contribution in [2.24, 2.45) is 0 Å². The van der Waals surface area contributed by atoms with Crippen molar-refractivity contribution in [3.8, 4) is 0 Å². The lowest BCUT2D eigenvalue weighted by molar-refractivity contribution is 0.0952. The van der Waals surface area contributed by atoms with E-state index in [-0.39, 0.29) is 5.91 Å². The zero-order valence-electron chi connectivity index (χ0n) is 8.86. The normalized spacial score (nSPS) is 15.3. The van der Waals surface area contributed by atoms with E-state index in [9.17, 15) is 4.79 Å². The molecule has 0 radical (unpaired) electrons. The average Bonchev–Trinajstić information content (AvgIpc) is 2.90. The molecule has 1 heterocycles. The maximum Gasteiger partial charge on any atom is 0.256 e. The summed E-state index contributed by atoms with van der Waals surface area (Å²) < 4.78 is 1.72. The second kappa shape index (κ2) is 3.92. The molecule has 3 N–H and O–H groups in total. The van der Waals surface area contributed by atoms with Crippen LogP contribution < -0.4 is 11.1 Å². The fourth-order valence-electron chi connectivity index (χ4n) is 1.45. The molecule has 1 aromatic rings. The molecule has 15 heavy (non-hydrogen) atoms. The van der Waals surface area contributed by atoms with Gasteiger partial charge in [0.25, 0.3) is 5.91 Å². The van der Waals surface area contributed by atoms with Crippen LogP contribution in [-0.2, 0) is 6.54 Å². The van der Waals surface area contributed by atoms with Gasteiger partial charge in [0.1, 0.15) is 5.56 Å². The number of nitrogen functional groups attached to an aromatic ring is 1. The first kappa shape index (κ1) is 10.0. The highest BCUT2D eigenvalue weighted by atomic mass is 16.1. The smallest absolute Gasteiger partial charge is 0.256 e. The highest BCUT2D eigenvalue weighted by Gasteiger charge is 2.25. The van der Waals surface area contributed by atoms with E-state index in [0.29, 0.717) is 17.4 Å². The van der Waals surface area contributed by atoms with Gasteiger partial charge < -0.3 is 11.1 Å². The van der Waals surface area contributed by atoms with Crippen molar-refractivity contribution in [3.63, 3.8) is 0 Å². The molecule has 1 aliphatic rings. The third kappa shape index (κ3) is 2.29. The van der Waals surface area contributed by atoms with Gasteiger partial charge in [-0.15, -0.1) is 0 Å². The third-order valence-corrected chi connectivity index (χ3v) is 2.40. The quantitative estimate of drug-likeness (QED) is 0.767. The SMILES string of the molecule is CCCn1cc(C(=O)NC2CC2)c(N)n1. The minimum Gasteiger partial charge on any atom is -0.382 e. The molecule has 1 saturated carbocycles. The van der Waals surface area contributed by atoms with E-state index in [1.807, 2.05) is 0 Å². The van der Waals surface area contributed by atoms with Gasteiger partial charge >= 0.3 is 0 Å². The van der Waals surface area contributed by atoms with Gasteiger partial charge in [-0.1, -0.05) is 6.92 Å². The first-order valence-electron chi connectivity index (χ1n) is 5.34. The number of carbonyl (C=O) groups is 1. The van der Waals surface area contributed by atoms with Crippen LogP contribution in [0.15, 0.2) is 6.20 Å². The molecule has 0 unspecified atom stereocenters. The first-order chi connectivity index (χ1) is 7.20. The number of hydrogen-bond donors (Lipinski definition) is 2. The van der Waals surface area contributed by atoms with Crippen molar-refractivity contribution in [1.82, 2.24) is 15.1 Å². The lowest BCUT2D eigenvalue weighted by atomic mass is 10.3. The summed E-state index contributed by atoms with van der Waals surface area (Å²) in [6, 6.07) is 0.353. The van der Waals surface area contributed by atoms with E-state index in [1.165, 1.54) is 0 Å². The zero-order chi connectivity index (χ0) is 10.8. The Morgan fingerprint density at radius 2 is 2.47 bits per heavy atom. The van der Waals surface area contributed by atoms with E-state index < -0.39 is 0 Å². The number of aromatic nitrogens is 2. The fraction of sp³-hybridized carbons (Fsp3) is 0.600. The lowest BCUT2D eigenvalue weighted by Gasteiger charge is -1.99. The standard InChI is InChI=1S/C10H16N4O/c1-2-5-14-6-8(9(11)13-14)10(15)12-7-3-4-7/h6-7H,2-5H2,1H3,(H2,11,13)(H,12,15). The Kier molecular flexibility index (Phi) is 2.62. The van der Waals surface area contributed by atoms with E-state index >= 15 is 0 Å². The van der Waals surface area contributed by atoms with Crippen molar-refractivity contribution in [3.05, 3.63) is 11.8 Å². The number of carbonyl (C=O) groups excluding carboxylic acids is 1. The number of amides is 1. The highest BCUT2D eigenvalue weighted by Crippen LogP contribution is 2.20. The summed E-state index contributed by atoms with van der Waals surface area (Å²) in [5.74, 6) is 0.221. The number of hydrogen-bond acceptors (Lipinski definition) is 3. The Morgan fingerprint density at radius 3 is 3.07 bits per heavy atom. The number of nitrogens with zero attached hydrogens (tertiary/aromatic N) is 2. The van der Waals surface area contributed by atoms with E-state index in [2.05, 4.69) is 17.3 Å². The second-order valence-electron chi connectivity index (χ2n) is 3.94. The maximum atomic E-state index is 11.7. The monoisotopic (exact) mass is 208 g/mol. The Balaban J connectivity index is 2.08. The molecular formula is C10H16N4O. The van der Waals surface area contributed by atoms with Gasteiger partial charge in [-0.2, -0.15) is 5.10 Å². The van der Waals surface area contributed by atoms with Crippen molar-refractivity contribution in [1.29, 1.82) is 0 Å². The van der Waals surface area contributed by atoms with Crippen molar-refractivity contribution in [2.45, 2.75) is 38.8 Å². The van der Waals surface area contributed by atoms with Crippen LogP contribution in [0.3, 0.4) is 0 Å². The van der Waals surface area contributed by atoms with Gasteiger partial charge in [0.2, 0.25) is 0 Å². The van der Waals surface area contributed by atoms with Crippen LogP contribution in [0.5, 0.6) is 0 Å². The van der Waals surface area contributed by atoms with Gasteiger partial charge in [-0.3, -0.25) is 9.48 Å². The molecule has 5 nitrogen and oxygen atoms in total. The predicted octanol–water partition coefficient (Wildman–Crippen LogP) is 0.768. The van der Waals surface area contributed by atoms with Crippen LogP contribution in [0.25, 0.3) is 0 Å². The van der Waals surface area contributed by atoms with Crippen LogP contribution in [0, 0.1) is 0 Å². The average molecular weight is 208 g/mol. The molecule has 1 fully saturated rings. The second-order valence-corrected chi connectivity index (χ2v) is 3.94. The molecular weight excluding hydrogens is 192 g/mol. The Labute approximate surface area is 88.6 Å². The molecule has 0 spiro atoms. The van der Waals surface area contributed by atoms with Gasteiger partial charge in [-0.05, 0) is 19.3 Å². The molecule has 0 atom stereocenters. The van der Waals surface area contributed by atoms with Crippen LogP contribution >= 0.6 is 0 Å². The van der Waals surface area contributed by atoms with Crippen LogP contribution in [0.4, 0.5) is 5.82 Å². The van der Waals surface area contributed by atoms with Crippen molar-refractivity contribution in [2.75, 3.05) is 5.73 Å². The molecule has 0 aliphatic heterocycles. The number of nitrogens with one attached hydrogen (secondary N) is 1. The van der Waals surface area contributed by atoms with Crippen molar-refractivity contribution < 1.29 is 4.79 Å². The maximum absolute atomic E-state index is 11.7. The summed E-state index contributed by atoms with van der Waals surface area (Å²) >= 11 is 0. The topological polar surface area (TPSA) is 72.9 Å². The summed E-state index contributed by atoms with van der Waals surface area (Å²) in [6.07, 6.45) is 4.85. The van der Waals surface area contributed by atoms with Crippen molar-refractivity contribution >= 4 is 11.7 Å². The molecule has 1 aliphatic carbocycles. The molecule has 1 aromatic heterocycles. The molecule has 1 amide bonds. The Bertz CT molecular complexity index is 367. The van der Waals surface area contributed by atoms with Crippen LogP contribution in [0.2, 0.25) is 0 Å². The van der Waals surface area contributed by atoms with E-state index in [0.717, 1.165) is 25.8 Å². The minimum atomic E-state index is -0.0997. The van der Waals surface area contributed by atoms with Crippen LogP contribution in [-0.4, -0.2) is 21.7 Å². The minimum absolute atomic E-state index is 0.0997. The lowest BCUT2D eigenvalue weighted by Crippen LogP contribution is -2.25.